The molecule has 0 spiro atoms. The zero-order chi connectivity index (χ0) is 22.0. The Morgan fingerprint density at radius 3 is 2.10 bits per heavy atom. The molecule has 0 saturated carbocycles. The van der Waals surface area contributed by atoms with Gasteiger partial charge < -0.3 is 4.74 Å². The lowest BCUT2D eigenvalue weighted by Crippen LogP contribution is -2.08. The molecule has 0 saturated heterocycles. The number of thiocarbonyl (C=S) groups is 1. The van der Waals surface area contributed by atoms with Gasteiger partial charge in [0.15, 0.2) is 5.78 Å². The van der Waals surface area contributed by atoms with Crippen molar-refractivity contribution in [3.63, 3.8) is 0 Å². The first-order chi connectivity index (χ1) is 14.3. The summed E-state index contributed by atoms with van der Waals surface area (Å²) in [7, 11) is -4.02. The molecular formula is C21H21NO6S2. The average Bonchev–Trinajstić information content (AvgIpc) is 2.71. The van der Waals surface area contributed by atoms with Crippen molar-refractivity contribution in [1.82, 2.24) is 0 Å². The molecule has 0 aliphatic rings. The van der Waals surface area contributed by atoms with Crippen LogP contribution in [0.2, 0.25) is 0 Å². The van der Waals surface area contributed by atoms with Gasteiger partial charge in [-0.25, -0.2) is 0 Å². The Morgan fingerprint density at radius 1 is 0.967 bits per heavy atom. The number of hydrogen-bond acceptors (Lipinski definition) is 7. The van der Waals surface area contributed by atoms with Gasteiger partial charge in [0.25, 0.3) is 10.1 Å². The lowest BCUT2D eigenvalue weighted by atomic mass is 10.0. The number of rotatable bonds is 12. The minimum absolute atomic E-state index is 0.0782. The van der Waals surface area contributed by atoms with Crippen LogP contribution in [0, 0.1) is 0 Å². The van der Waals surface area contributed by atoms with Gasteiger partial charge in [-0.15, -0.1) is 0 Å². The van der Waals surface area contributed by atoms with Gasteiger partial charge in [-0.1, -0.05) is 0 Å². The average molecular weight is 448 g/mol. The topological polar surface area (TPSA) is 110 Å². The van der Waals surface area contributed by atoms with Crippen LogP contribution in [0.3, 0.4) is 0 Å². The quantitative estimate of drug-likeness (QED) is 0.172. The van der Waals surface area contributed by atoms with Crippen molar-refractivity contribution in [2.24, 2.45) is 4.99 Å². The first-order valence-electron chi connectivity index (χ1n) is 9.21. The Balaban J connectivity index is 1.77. The lowest BCUT2D eigenvalue weighted by Gasteiger charge is -2.07. The molecule has 0 fully saturated rings. The molecule has 0 amide bonds. The fourth-order valence-corrected chi connectivity index (χ4v) is 3.26. The second-order valence-corrected chi connectivity index (χ2v) is 8.24. The van der Waals surface area contributed by atoms with E-state index in [2.05, 4.69) is 22.4 Å². The Labute approximate surface area is 180 Å². The summed E-state index contributed by atoms with van der Waals surface area (Å²) in [5, 5.41) is 2.27. The minimum atomic E-state index is -4.02. The summed E-state index contributed by atoms with van der Waals surface area (Å²) >= 11 is 4.55. The third-order valence-electron chi connectivity index (χ3n) is 4.15. The summed E-state index contributed by atoms with van der Waals surface area (Å²) in [6, 6.07) is 13.4. The first kappa shape index (κ1) is 23.6. The van der Waals surface area contributed by atoms with Crippen molar-refractivity contribution < 1.29 is 27.3 Å². The summed E-state index contributed by atoms with van der Waals surface area (Å²) < 4.78 is 35.4. The third kappa shape index (κ3) is 8.34. The van der Waals surface area contributed by atoms with E-state index >= 15 is 0 Å². The van der Waals surface area contributed by atoms with Crippen molar-refractivity contribution in [1.29, 1.82) is 0 Å². The first-order valence-corrected chi connectivity index (χ1v) is 11.2. The van der Waals surface area contributed by atoms with E-state index in [0.29, 0.717) is 35.6 Å². The van der Waals surface area contributed by atoms with E-state index in [0.717, 1.165) is 0 Å². The molecule has 0 bridgehead atoms. The highest BCUT2D eigenvalue weighted by atomic mass is 32.2. The molecule has 7 nitrogen and oxygen atoms in total. The number of carbonyl (C=O) groups is 2. The van der Waals surface area contributed by atoms with Gasteiger partial charge in [-0.3, -0.25) is 14.1 Å². The molecule has 2 aromatic rings. The Bertz CT molecular complexity index is 1020. The number of ketones is 2. The van der Waals surface area contributed by atoms with E-state index in [1.54, 1.807) is 48.5 Å². The number of carbonyl (C=O) groups excluding carboxylic acids is 2. The van der Waals surface area contributed by atoms with Crippen LogP contribution in [-0.4, -0.2) is 42.1 Å². The number of ether oxygens (including phenoxy) is 1. The number of isothiocyanates is 1. The smallest absolute Gasteiger partial charge is 0.264 e. The molecule has 0 atom stereocenters. The molecule has 30 heavy (non-hydrogen) atoms. The minimum Gasteiger partial charge on any atom is -0.494 e. The summed E-state index contributed by atoms with van der Waals surface area (Å²) in [6.45, 7) is 0.319. The fourth-order valence-electron chi connectivity index (χ4n) is 2.65. The van der Waals surface area contributed by atoms with Crippen molar-refractivity contribution in [2.45, 2.75) is 25.7 Å². The highest BCUT2D eigenvalue weighted by Gasteiger charge is 2.10. The molecule has 158 valence electrons. The molecule has 0 aromatic heterocycles. The molecule has 2 rings (SSSR count). The van der Waals surface area contributed by atoms with Gasteiger partial charge in [-0.2, -0.15) is 13.4 Å². The molecule has 2 aromatic carbocycles. The molecule has 0 unspecified atom stereocenters. The van der Waals surface area contributed by atoms with Crippen molar-refractivity contribution in [3.8, 4) is 5.75 Å². The van der Waals surface area contributed by atoms with Gasteiger partial charge in [-0.05, 0) is 73.6 Å². The normalized spacial score (nSPS) is 10.8. The molecule has 1 N–H and O–H groups in total. The number of Topliss-reactive ketones (excluding diaryl/α,β-unsaturated/α-hetero) is 1. The zero-order valence-electron chi connectivity index (χ0n) is 16.1. The molecule has 0 radical (unpaired) electrons. The SMILES string of the molecule is O=C(CCCOc1ccc(C(=O)c2ccc(N=C=S)cc2)cc1)CCCS(=O)(=O)O. The fraction of sp³-hybridized carbons (Fsp3) is 0.286. The van der Waals surface area contributed by atoms with Gasteiger partial charge in [0.05, 0.1) is 23.2 Å². The number of benzene rings is 2. The van der Waals surface area contributed by atoms with Crippen LogP contribution in [0.1, 0.15) is 41.6 Å². The van der Waals surface area contributed by atoms with E-state index in [4.69, 9.17) is 9.29 Å². The van der Waals surface area contributed by atoms with Crippen LogP contribution in [0.5, 0.6) is 5.75 Å². The maximum atomic E-state index is 12.5. The van der Waals surface area contributed by atoms with Crippen LogP contribution < -0.4 is 4.74 Å². The van der Waals surface area contributed by atoms with E-state index in [9.17, 15) is 18.0 Å². The number of nitrogens with zero attached hydrogens (tertiary/aromatic N) is 1. The Morgan fingerprint density at radius 2 is 1.53 bits per heavy atom. The monoisotopic (exact) mass is 447 g/mol. The van der Waals surface area contributed by atoms with Crippen LogP contribution in [0.4, 0.5) is 5.69 Å². The van der Waals surface area contributed by atoms with Crippen molar-refractivity contribution in [2.75, 3.05) is 12.4 Å². The largest absolute Gasteiger partial charge is 0.494 e. The van der Waals surface area contributed by atoms with Crippen molar-refractivity contribution in [3.05, 3.63) is 59.7 Å². The maximum absolute atomic E-state index is 12.5. The predicted molar refractivity (Wildman–Crippen MR) is 116 cm³/mol. The van der Waals surface area contributed by atoms with Crippen LogP contribution in [0.25, 0.3) is 0 Å². The van der Waals surface area contributed by atoms with E-state index < -0.39 is 15.9 Å². The van der Waals surface area contributed by atoms with Gasteiger partial charge in [0.1, 0.15) is 11.5 Å². The van der Waals surface area contributed by atoms with Gasteiger partial charge in [0.2, 0.25) is 0 Å². The predicted octanol–water partition coefficient (Wildman–Crippen LogP) is 4.05. The summed E-state index contributed by atoms with van der Waals surface area (Å²) in [4.78, 5) is 28.0. The lowest BCUT2D eigenvalue weighted by molar-refractivity contribution is -0.119. The highest BCUT2D eigenvalue weighted by Crippen LogP contribution is 2.18. The van der Waals surface area contributed by atoms with Crippen LogP contribution >= 0.6 is 12.2 Å². The molecule has 0 aliphatic heterocycles. The number of aliphatic imine (C=N–C) groups is 1. The van der Waals surface area contributed by atoms with Gasteiger partial charge >= 0.3 is 0 Å². The van der Waals surface area contributed by atoms with Crippen molar-refractivity contribution >= 4 is 44.8 Å². The Kier molecular flexibility index (Phi) is 9.01. The van der Waals surface area contributed by atoms with Gasteiger partial charge in [0, 0.05) is 24.0 Å². The van der Waals surface area contributed by atoms with Crippen LogP contribution in [0.15, 0.2) is 53.5 Å². The maximum Gasteiger partial charge on any atom is 0.264 e. The summed E-state index contributed by atoms with van der Waals surface area (Å²) in [5.74, 6) is -0.0394. The standard InChI is InChI=1S/C21H21NO6S2/c23-19(4-2-14-30(25,26)27)3-1-13-28-20-11-7-17(8-12-20)21(24)16-5-9-18(10-6-16)22-15-29/h5-12H,1-4,13-14H2,(H,25,26,27). The number of hydrogen-bond donors (Lipinski definition) is 1. The summed E-state index contributed by atoms with van der Waals surface area (Å²) in [5.41, 5.74) is 1.67. The second kappa shape index (κ2) is 11.5. The molecule has 0 aliphatic carbocycles. The molecule has 9 heteroatoms. The molecular weight excluding hydrogens is 426 g/mol. The van der Waals surface area contributed by atoms with E-state index in [1.165, 1.54) is 0 Å². The van der Waals surface area contributed by atoms with E-state index in [1.807, 2.05) is 0 Å². The second-order valence-electron chi connectivity index (χ2n) is 6.48. The zero-order valence-corrected chi connectivity index (χ0v) is 17.7. The highest BCUT2D eigenvalue weighted by molar-refractivity contribution is 7.85. The third-order valence-corrected chi connectivity index (χ3v) is 5.04. The Hall–Kier alpha value is -2.71. The summed E-state index contributed by atoms with van der Waals surface area (Å²) in [6.07, 6.45) is 0.971. The van der Waals surface area contributed by atoms with E-state index in [-0.39, 0.29) is 30.8 Å². The van der Waals surface area contributed by atoms with Crippen LogP contribution in [-0.2, 0) is 14.9 Å². The molecule has 0 heterocycles.